The van der Waals surface area contributed by atoms with E-state index in [2.05, 4.69) is 29.6 Å². The number of carbonyl (C=O) groups is 1. The van der Waals surface area contributed by atoms with Crippen LogP contribution in [0.15, 0.2) is 24.3 Å². The standard InChI is InChI=1S/C18H25NO2/c20-18(21)14-11-17(19-12-14)16-10-6-5-9-15(16)13-7-3-1-2-4-8-13/h5-6,9-10,13-14,17,19H,1-4,7-8,11-12H2,(H,20,21). The van der Waals surface area contributed by atoms with Gasteiger partial charge < -0.3 is 10.4 Å². The molecule has 2 N–H and O–H groups in total. The minimum atomic E-state index is -0.669. The van der Waals surface area contributed by atoms with Gasteiger partial charge in [0.2, 0.25) is 0 Å². The van der Waals surface area contributed by atoms with E-state index in [1.807, 2.05) is 0 Å². The lowest BCUT2D eigenvalue weighted by molar-refractivity contribution is -0.141. The van der Waals surface area contributed by atoms with E-state index in [0.717, 1.165) is 6.42 Å². The third kappa shape index (κ3) is 3.29. The van der Waals surface area contributed by atoms with Gasteiger partial charge in [-0.2, -0.15) is 0 Å². The fraction of sp³-hybridized carbons (Fsp3) is 0.611. The van der Waals surface area contributed by atoms with Crippen molar-refractivity contribution in [1.82, 2.24) is 5.32 Å². The van der Waals surface area contributed by atoms with Crippen LogP contribution in [0.1, 0.15) is 68.0 Å². The Balaban J connectivity index is 1.81. The zero-order valence-electron chi connectivity index (χ0n) is 12.6. The van der Waals surface area contributed by atoms with Gasteiger partial charge >= 0.3 is 5.97 Å². The van der Waals surface area contributed by atoms with E-state index in [9.17, 15) is 9.90 Å². The van der Waals surface area contributed by atoms with Crippen LogP contribution in [-0.4, -0.2) is 17.6 Å². The summed E-state index contributed by atoms with van der Waals surface area (Å²) in [6.07, 6.45) is 8.67. The summed E-state index contributed by atoms with van der Waals surface area (Å²) in [7, 11) is 0. The Labute approximate surface area is 126 Å². The number of nitrogens with one attached hydrogen (secondary N) is 1. The molecule has 1 aliphatic carbocycles. The number of hydrogen-bond acceptors (Lipinski definition) is 2. The molecule has 2 atom stereocenters. The highest BCUT2D eigenvalue weighted by atomic mass is 16.4. The van der Waals surface area contributed by atoms with E-state index in [1.54, 1.807) is 0 Å². The topological polar surface area (TPSA) is 49.3 Å². The largest absolute Gasteiger partial charge is 0.481 e. The number of rotatable bonds is 3. The van der Waals surface area contributed by atoms with Crippen LogP contribution < -0.4 is 5.32 Å². The van der Waals surface area contributed by atoms with Crippen molar-refractivity contribution >= 4 is 5.97 Å². The van der Waals surface area contributed by atoms with Gasteiger partial charge in [0.1, 0.15) is 0 Å². The molecule has 2 unspecified atom stereocenters. The molecule has 1 aromatic rings. The quantitative estimate of drug-likeness (QED) is 0.830. The average Bonchev–Trinajstić information content (AvgIpc) is 2.84. The molecule has 21 heavy (non-hydrogen) atoms. The van der Waals surface area contributed by atoms with Crippen molar-refractivity contribution in [2.75, 3.05) is 6.54 Å². The molecule has 3 heteroatoms. The van der Waals surface area contributed by atoms with Crippen LogP contribution in [0, 0.1) is 5.92 Å². The summed E-state index contributed by atoms with van der Waals surface area (Å²) in [6, 6.07) is 8.90. The van der Waals surface area contributed by atoms with Crippen molar-refractivity contribution in [3.8, 4) is 0 Å². The average molecular weight is 287 g/mol. The predicted molar refractivity (Wildman–Crippen MR) is 83.4 cm³/mol. The first kappa shape index (κ1) is 14.6. The van der Waals surface area contributed by atoms with Crippen molar-refractivity contribution in [1.29, 1.82) is 0 Å². The van der Waals surface area contributed by atoms with Gasteiger partial charge in [-0.25, -0.2) is 0 Å². The molecule has 0 radical (unpaired) electrons. The molecule has 2 fully saturated rings. The Hall–Kier alpha value is -1.35. The van der Waals surface area contributed by atoms with Crippen LogP contribution in [0.4, 0.5) is 0 Å². The first-order chi connectivity index (χ1) is 10.3. The molecule has 1 heterocycles. The van der Waals surface area contributed by atoms with E-state index in [0.29, 0.717) is 12.5 Å². The zero-order chi connectivity index (χ0) is 14.7. The molecule has 114 valence electrons. The maximum atomic E-state index is 11.2. The maximum absolute atomic E-state index is 11.2. The molecule has 0 aromatic heterocycles. The smallest absolute Gasteiger partial charge is 0.307 e. The highest BCUT2D eigenvalue weighted by molar-refractivity contribution is 5.70. The SMILES string of the molecule is O=C(O)C1CNC(c2ccccc2C2CCCCCC2)C1. The minimum Gasteiger partial charge on any atom is -0.481 e. The molecule has 1 aromatic carbocycles. The third-order valence-corrected chi connectivity index (χ3v) is 5.15. The summed E-state index contributed by atoms with van der Waals surface area (Å²) in [5.41, 5.74) is 2.80. The number of benzene rings is 1. The summed E-state index contributed by atoms with van der Waals surface area (Å²) in [4.78, 5) is 11.2. The second-order valence-electron chi connectivity index (χ2n) is 6.55. The number of carboxylic acids is 1. The van der Waals surface area contributed by atoms with Crippen molar-refractivity contribution in [2.45, 2.75) is 56.9 Å². The first-order valence-corrected chi connectivity index (χ1v) is 8.30. The van der Waals surface area contributed by atoms with Gasteiger partial charge in [-0.1, -0.05) is 49.9 Å². The van der Waals surface area contributed by atoms with Gasteiger partial charge in [-0.3, -0.25) is 4.79 Å². The number of carboxylic acid groups (broad SMARTS) is 1. The van der Waals surface area contributed by atoms with Gasteiger partial charge in [-0.05, 0) is 36.3 Å². The van der Waals surface area contributed by atoms with E-state index in [4.69, 9.17) is 0 Å². The predicted octanol–water partition coefficient (Wildman–Crippen LogP) is 3.86. The van der Waals surface area contributed by atoms with E-state index in [-0.39, 0.29) is 12.0 Å². The summed E-state index contributed by atoms with van der Waals surface area (Å²) in [5.74, 6) is -0.247. The minimum absolute atomic E-state index is 0.213. The summed E-state index contributed by atoms with van der Waals surface area (Å²) >= 11 is 0. The molecule has 1 saturated carbocycles. The van der Waals surface area contributed by atoms with Crippen LogP contribution in [0.3, 0.4) is 0 Å². The van der Waals surface area contributed by atoms with Gasteiger partial charge in [0.15, 0.2) is 0 Å². The second kappa shape index (κ2) is 6.61. The molecule has 3 nitrogen and oxygen atoms in total. The maximum Gasteiger partial charge on any atom is 0.307 e. The monoisotopic (exact) mass is 287 g/mol. The summed E-state index contributed by atoms with van der Waals surface area (Å²) in [5, 5.41) is 12.6. The van der Waals surface area contributed by atoms with Crippen LogP contribution in [0.25, 0.3) is 0 Å². The Morgan fingerprint density at radius 2 is 1.71 bits per heavy atom. The van der Waals surface area contributed by atoms with Crippen LogP contribution >= 0.6 is 0 Å². The Morgan fingerprint density at radius 1 is 1.05 bits per heavy atom. The second-order valence-corrected chi connectivity index (χ2v) is 6.55. The lowest BCUT2D eigenvalue weighted by Crippen LogP contribution is -2.18. The molecule has 0 spiro atoms. The number of aliphatic carboxylic acids is 1. The zero-order valence-corrected chi connectivity index (χ0v) is 12.6. The van der Waals surface area contributed by atoms with Gasteiger partial charge in [0, 0.05) is 12.6 Å². The van der Waals surface area contributed by atoms with E-state index < -0.39 is 5.97 Å². The van der Waals surface area contributed by atoms with Crippen LogP contribution in [-0.2, 0) is 4.79 Å². The fourth-order valence-corrected chi connectivity index (χ4v) is 3.95. The van der Waals surface area contributed by atoms with E-state index in [1.165, 1.54) is 49.7 Å². The van der Waals surface area contributed by atoms with Crippen molar-refractivity contribution in [3.63, 3.8) is 0 Å². The lowest BCUT2D eigenvalue weighted by Gasteiger charge is -2.22. The Morgan fingerprint density at radius 3 is 2.33 bits per heavy atom. The molecular formula is C18H25NO2. The molecule has 2 aliphatic rings. The molecule has 1 saturated heterocycles. The van der Waals surface area contributed by atoms with E-state index >= 15 is 0 Å². The highest BCUT2D eigenvalue weighted by Gasteiger charge is 2.32. The van der Waals surface area contributed by atoms with Gasteiger partial charge in [0.25, 0.3) is 0 Å². The molecular weight excluding hydrogens is 262 g/mol. The molecule has 0 bridgehead atoms. The van der Waals surface area contributed by atoms with Crippen molar-refractivity contribution in [2.24, 2.45) is 5.92 Å². The fourth-order valence-electron chi connectivity index (χ4n) is 3.95. The first-order valence-electron chi connectivity index (χ1n) is 8.30. The molecule has 3 rings (SSSR count). The summed E-state index contributed by atoms with van der Waals surface area (Å²) in [6.45, 7) is 0.596. The highest BCUT2D eigenvalue weighted by Crippen LogP contribution is 2.38. The molecule has 0 amide bonds. The summed E-state index contributed by atoms with van der Waals surface area (Å²) < 4.78 is 0. The number of hydrogen-bond donors (Lipinski definition) is 2. The van der Waals surface area contributed by atoms with Crippen LogP contribution in [0.5, 0.6) is 0 Å². The Kier molecular flexibility index (Phi) is 4.59. The van der Waals surface area contributed by atoms with Gasteiger partial charge in [-0.15, -0.1) is 0 Å². The van der Waals surface area contributed by atoms with Gasteiger partial charge in [0.05, 0.1) is 5.92 Å². The normalized spacial score (nSPS) is 27.4. The third-order valence-electron chi connectivity index (χ3n) is 5.15. The van der Waals surface area contributed by atoms with Crippen LogP contribution in [0.2, 0.25) is 0 Å². The van der Waals surface area contributed by atoms with Crippen molar-refractivity contribution < 1.29 is 9.90 Å². The Bertz CT molecular complexity index is 492. The lowest BCUT2D eigenvalue weighted by atomic mass is 9.85. The van der Waals surface area contributed by atoms with Crippen molar-refractivity contribution in [3.05, 3.63) is 35.4 Å². The molecule has 1 aliphatic heterocycles.